The van der Waals surface area contributed by atoms with Gasteiger partial charge in [-0.2, -0.15) is 0 Å². The Hall–Kier alpha value is -4.06. The number of hydrogen-bond donors (Lipinski definition) is 1. The summed E-state index contributed by atoms with van der Waals surface area (Å²) in [5.74, 6) is -0.0152. The molecule has 37 heavy (non-hydrogen) atoms. The Morgan fingerprint density at radius 2 is 1.70 bits per heavy atom. The van der Waals surface area contributed by atoms with Gasteiger partial charge in [0.05, 0.1) is 25.8 Å². The fourth-order valence-corrected chi connectivity index (χ4v) is 4.92. The maximum Gasteiger partial charge on any atom is 0.295 e. The second-order valence-corrected chi connectivity index (χ2v) is 9.76. The Morgan fingerprint density at radius 1 is 0.973 bits per heavy atom. The highest BCUT2D eigenvalue weighted by Crippen LogP contribution is 2.42. The van der Waals surface area contributed by atoms with Crippen molar-refractivity contribution in [2.75, 3.05) is 14.2 Å². The summed E-state index contributed by atoms with van der Waals surface area (Å²) in [6, 6.07) is 18.1. The second-order valence-electron chi connectivity index (χ2n) is 9.76. The Balaban J connectivity index is 1.91. The molecule has 0 radical (unpaired) electrons. The van der Waals surface area contributed by atoms with E-state index in [1.54, 1.807) is 14.2 Å². The van der Waals surface area contributed by atoms with Crippen LogP contribution in [0.1, 0.15) is 59.2 Å². The summed E-state index contributed by atoms with van der Waals surface area (Å²) in [5, 5.41) is 11.6. The molecule has 0 bridgehead atoms. The van der Waals surface area contributed by atoms with Gasteiger partial charge in [0, 0.05) is 12.1 Å². The number of nitrogens with zero attached hydrogens (tertiary/aromatic N) is 1. The van der Waals surface area contributed by atoms with Crippen LogP contribution in [0.4, 0.5) is 0 Å². The van der Waals surface area contributed by atoms with E-state index >= 15 is 0 Å². The van der Waals surface area contributed by atoms with Crippen molar-refractivity contribution in [3.05, 3.63) is 99.6 Å². The molecule has 1 heterocycles. The molecular formula is C31H33NO5. The molecule has 1 saturated heterocycles. The van der Waals surface area contributed by atoms with Crippen LogP contribution in [0, 0.1) is 13.8 Å². The van der Waals surface area contributed by atoms with Gasteiger partial charge in [0.2, 0.25) is 0 Å². The Morgan fingerprint density at radius 3 is 2.35 bits per heavy atom. The number of aliphatic hydroxyl groups is 1. The van der Waals surface area contributed by atoms with Gasteiger partial charge in [-0.3, -0.25) is 9.59 Å². The molecule has 6 nitrogen and oxygen atoms in total. The number of rotatable bonds is 7. The number of hydrogen-bond acceptors (Lipinski definition) is 5. The first-order valence-electron chi connectivity index (χ1n) is 12.3. The number of amides is 1. The van der Waals surface area contributed by atoms with Crippen molar-refractivity contribution in [1.82, 2.24) is 4.90 Å². The zero-order valence-corrected chi connectivity index (χ0v) is 22.2. The average molecular weight is 500 g/mol. The van der Waals surface area contributed by atoms with E-state index in [1.165, 1.54) is 4.90 Å². The SMILES string of the molecule is COc1cccc(CN2C(=O)C(=O)/C(=C(/O)c3cc(C(C)C)c(OC)cc3C)C2c2cccc(C)c2)c1. The number of likely N-dealkylation sites (tertiary alicyclic amines) is 1. The molecule has 1 atom stereocenters. The Bertz CT molecular complexity index is 1390. The summed E-state index contributed by atoms with van der Waals surface area (Å²) in [4.78, 5) is 28.5. The van der Waals surface area contributed by atoms with Crippen molar-refractivity contribution in [2.24, 2.45) is 0 Å². The molecule has 1 N–H and O–H groups in total. The highest BCUT2D eigenvalue weighted by Gasteiger charge is 2.46. The molecule has 3 aromatic rings. The minimum absolute atomic E-state index is 0.0847. The van der Waals surface area contributed by atoms with E-state index < -0.39 is 17.7 Å². The van der Waals surface area contributed by atoms with E-state index in [9.17, 15) is 14.7 Å². The van der Waals surface area contributed by atoms with Crippen molar-refractivity contribution in [3.8, 4) is 11.5 Å². The van der Waals surface area contributed by atoms with E-state index in [4.69, 9.17) is 9.47 Å². The molecular weight excluding hydrogens is 466 g/mol. The largest absolute Gasteiger partial charge is 0.507 e. The summed E-state index contributed by atoms with van der Waals surface area (Å²) in [7, 11) is 3.20. The maximum absolute atomic E-state index is 13.5. The van der Waals surface area contributed by atoms with E-state index in [0.717, 1.165) is 33.6 Å². The first-order valence-corrected chi connectivity index (χ1v) is 12.3. The highest BCUT2D eigenvalue weighted by molar-refractivity contribution is 6.46. The number of aryl methyl sites for hydroxylation is 2. The zero-order valence-electron chi connectivity index (χ0n) is 22.2. The lowest BCUT2D eigenvalue weighted by molar-refractivity contribution is -0.140. The third-order valence-corrected chi connectivity index (χ3v) is 6.84. The molecule has 1 unspecified atom stereocenters. The second kappa shape index (κ2) is 10.5. The van der Waals surface area contributed by atoms with Gasteiger partial charge in [0.15, 0.2) is 0 Å². The first kappa shape index (κ1) is 26.0. The van der Waals surface area contributed by atoms with Crippen LogP contribution in [0.25, 0.3) is 5.76 Å². The van der Waals surface area contributed by atoms with Crippen molar-refractivity contribution < 1.29 is 24.2 Å². The molecule has 6 heteroatoms. The van der Waals surface area contributed by atoms with Crippen LogP contribution in [0.3, 0.4) is 0 Å². The number of carbonyl (C=O) groups is 2. The van der Waals surface area contributed by atoms with Crippen LogP contribution in [0.2, 0.25) is 0 Å². The van der Waals surface area contributed by atoms with Crippen LogP contribution in [0.15, 0.2) is 66.2 Å². The standard InChI is InChI=1S/C31H33NO5/c1-18(2)24-16-25(20(4)14-26(24)37-6)29(33)27-28(22-11-7-9-19(3)13-22)32(31(35)30(27)34)17-21-10-8-12-23(15-21)36-5/h7-16,18,28,33H,17H2,1-6H3/b29-27+. The summed E-state index contributed by atoms with van der Waals surface area (Å²) >= 11 is 0. The molecule has 1 aliphatic rings. The molecule has 0 spiro atoms. The van der Waals surface area contributed by atoms with Gasteiger partial charge in [-0.1, -0.05) is 55.8 Å². The van der Waals surface area contributed by atoms with Crippen molar-refractivity contribution in [1.29, 1.82) is 0 Å². The fraction of sp³-hybridized carbons (Fsp3) is 0.290. The van der Waals surface area contributed by atoms with Gasteiger partial charge in [-0.15, -0.1) is 0 Å². The molecule has 4 rings (SSSR count). The molecule has 192 valence electrons. The van der Waals surface area contributed by atoms with Gasteiger partial charge in [0.1, 0.15) is 17.3 Å². The average Bonchev–Trinajstić information content (AvgIpc) is 3.13. The van der Waals surface area contributed by atoms with Crippen molar-refractivity contribution in [3.63, 3.8) is 0 Å². The van der Waals surface area contributed by atoms with Crippen LogP contribution < -0.4 is 9.47 Å². The Labute approximate surface area is 218 Å². The molecule has 1 fully saturated rings. The number of ketones is 1. The number of Topliss-reactive ketones (excluding diaryl/α,β-unsaturated/α-hetero) is 1. The number of ether oxygens (including phenoxy) is 2. The minimum Gasteiger partial charge on any atom is -0.507 e. The summed E-state index contributed by atoms with van der Waals surface area (Å²) in [5.41, 5.74) is 4.84. The van der Waals surface area contributed by atoms with Gasteiger partial charge in [-0.05, 0) is 66.3 Å². The van der Waals surface area contributed by atoms with Gasteiger partial charge < -0.3 is 19.5 Å². The van der Waals surface area contributed by atoms with Crippen LogP contribution in [0.5, 0.6) is 11.5 Å². The molecule has 0 aliphatic carbocycles. The van der Waals surface area contributed by atoms with Crippen LogP contribution >= 0.6 is 0 Å². The molecule has 0 aromatic heterocycles. The lowest BCUT2D eigenvalue weighted by Crippen LogP contribution is -2.29. The normalized spacial score (nSPS) is 16.9. The topological polar surface area (TPSA) is 76.1 Å². The summed E-state index contributed by atoms with van der Waals surface area (Å²) in [6.07, 6.45) is 0. The number of benzene rings is 3. The quantitative estimate of drug-likeness (QED) is 0.243. The fourth-order valence-electron chi connectivity index (χ4n) is 4.92. The third-order valence-electron chi connectivity index (χ3n) is 6.84. The predicted molar refractivity (Wildman–Crippen MR) is 144 cm³/mol. The lowest BCUT2D eigenvalue weighted by Gasteiger charge is -2.26. The molecule has 1 amide bonds. The smallest absolute Gasteiger partial charge is 0.295 e. The minimum atomic E-state index is -0.741. The van der Waals surface area contributed by atoms with E-state index in [1.807, 2.05) is 88.4 Å². The maximum atomic E-state index is 13.5. The van der Waals surface area contributed by atoms with Gasteiger partial charge in [0.25, 0.3) is 11.7 Å². The third kappa shape index (κ3) is 4.96. The van der Waals surface area contributed by atoms with Gasteiger partial charge in [-0.25, -0.2) is 0 Å². The first-order chi connectivity index (χ1) is 17.7. The molecule has 3 aromatic carbocycles. The monoisotopic (exact) mass is 499 g/mol. The summed E-state index contributed by atoms with van der Waals surface area (Å²) < 4.78 is 10.9. The number of aliphatic hydroxyl groups excluding tert-OH is 1. The zero-order chi connectivity index (χ0) is 26.9. The highest BCUT2D eigenvalue weighted by atomic mass is 16.5. The number of methoxy groups -OCH3 is 2. The van der Waals surface area contributed by atoms with E-state index in [0.29, 0.717) is 11.3 Å². The molecule has 1 aliphatic heterocycles. The number of carbonyl (C=O) groups excluding carboxylic acids is 2. The van der Waals surface area contributed by atoms with Crippen molar-refractivity contribution in [2.45, 2.75) is 46.2 Å². The van der Waals surface area contributed by atoms with Crippen LogP contribution in [-0.4, -0.2) is 35.9 Å². The Kier molecular flexibility index (Phi) is 7.39. The lowest BCUT2D eigenvalue weighted by atomic mass is 9.90. The van der Waals surface area contributed by atoms with E-state index in [-0.39, 0.29) is 23.8 Å². The van der Waals surface area contributed by atoms with E-state index in [2.05, 4.69) is 0 Å². The van der Waals surface area contributed by atoms with Crippen LogP contribution in [-0.2, 0) is 16.1 Å². The summed E-state index contributed by atoms with van der Waals surface area (Å²) in [6.45, 7) is 8.08. The van der Waals surface area contributed by atoms with Gasteiger partial charge >= 0.3 is 0 Å². The molecule has 0 saturated carbocycles. The van der Waals surface area contributed by atoms with Crippen molar-refractivity contribution >= 4 is 17.4 Å². The predicted octanol–water partition coefficient (Wildman–Crippen LogP) is 6.07.